The maximum absolute atomic E-state index is 12.3. The number of amides is 1. The Morgan fingerprint density at radius 1 is 1.25 bits per heavy atom. The molecule has 0 fully saturated rings. The lowest BCUT2D eigenvalue weighted by Crippen LogP contribution is -2.30. The molecule has 24 heavy (non-hydrogen) atoms. The minimum Gasteiger partial charge on any atom is -0.449 e. The Labute approximate surface area is 141 Å². The van der Waals surface area contributed by atoms with Gasteiger partial charge in [0.1, 0.15) is 0 Å². The van der Waals surface area contributed by atoms with Crippen LogP contribution < -0.4 is 5.32 Å². The summed E-state index contributed by atoms with van der Waals surface area (Å²) in [7, 11) is 1.81. The van der Waals surface area contributed by atoms with E-state index in [2.05, 4.69) is 10.4 Å². The summed E-state index contributed by atoms with van der Waals surface area (Å²) in [6, 6.07) is 7.18. The highest BCUT2D eigenvalue weighted by Crippen LogP contribution is 2.19. The Kier molecular flexibility index (Phi) is 5.39. The van der Waals surface area contributed by atoms with Crippen molar-refractivity contribution >= 4 is 17.6 Å². The van der Waals surface area contributed by atoms with E-state index in [4.69, 9.17) is 4.74 Å². The van der Waals surface area contributed by atoms with Gasteiger partial charge in [0.2, 0.25) is 0 Å². The van der Waals surface area contributed by atoms with Gasteiger partial charge in [-0.2, -0.15) is 5.10 Å². The smallest absolute Gasteiger partial charge is 0.338 e. The van der Waals surface area contributed by atoms with E-state index < -0.39 is 12.1 Å². The van der Waals surface area contributed by atoms with Crippen molar-refractivity contribution in [2.45, 2.75) is 40.2 Å². The minimum atomic E-state index is -0.901. The maximum Gasteiger partial charge on any atom is 0.338 e. The van der Waals surface area contributed by atoms with E-state index in [-0.39, 0.29) is 5.91 Å². The molecule has 1 aromatic carbocycles. The number of anilines is 1. The summed E-state index contributed by atoms with van der Waals surface area (Å²) in [4.78, 5) is 24.4. The highest BCUT2D eigenvalue weighted by atomic mass is 16.5. The second-order valence-electron chi connectivity index (χ2n) is 5.76. The van der Waals surface area contributed by atoms with Crippen molar-refractivity contribution in [1.82, 2.24) is 9.78 Å². The average Bonchev–Trinajstić information content (AvgIpc) is 2.81. The third-order valence-electron chi connectivity index (χ3n) is 4.01. The third-order valence-corrected chi connectivity index (χ3v) is 4.01. The quantitative estimate of drug-likeness (QED) is 0.856. The number of nitrogens with zero attached hydrogens (tertiary/aromatic N) is 2. The molecule has 1 amide bonds. The molecule has 0 aliphatic rings. The number of aromatic nitrogens is 2. The van der Waals surface area contributed by atoms with E-state index >= 15 is 0 Å². The average molecular weight is 329 g/mol. The summed E-state index contributed by atoms with van der Waals surface area (Å²) in [5, 5.41) is 7.02. The summed E-state index contributed by atoms with van der Waals surface area (Å²) in [6.07, 6.45) is 0.000149. The Balaban J connectivity index is 2.01. The third kappa shape index (κ3) is 3.82. The Hall–Kier alpha value is -2.63. The molecule has 0 radical (unpaired) electrons. The van der Waals surface area contributed by atoms with Crippen molar-refractivity contribution < 1.29 is 14.3 Å². The summed E-state index contributed by atoms with van der Waals surface area (Å²) in [5.74, 6) is -0.896. The van der Waals surface area contributed by atoms with Crippen LogP contribution in [0, 0.1) is 13.8 Å². The van der Waals surface area contributed by atoms with Gasteiger partial charge in [0, 0.05) is 7.05 Å². The van der Waals surface area contributed by atoms with Gasteiger partial charge >= 0.3 is 5.97 Å². The Bertz CT molecular complexity index is 748. The number of hydrogen-bond donors (Lipinski definition) is 1. The fourth-order valence-electron chi connectivity index (χ4n) is 2.34. The zero-order valence-electron chi connectivity index (χ0n) is 14.7. The van der Waals surface area contributed by atoms with Crippen molar-refractivity contribution in [3.63, 3.8) is 0 Å². The zero-order chi connectivity index (χ0) is 17.9. The Morgan fingerprint density at radius 2 is 1.88 bits per heavy atom. The molecule has 0 aliphatic heterocycles. The molecule has 0 saturated carbocycles. The highest BCUT2D eigenvalue weighted by Gasteiger charge is 2.21. The standard InChI is InChI=1S/C18H23N3O3/c1-6-14-7-9-15(10-8-14)18(23)24-13(4)17(22)19-16-11(2)20-21(5)12(16)3/h7-10,13H,6H2,1-5H3,(H,19,22)/t13-/m0/s1. The van der Waals surface area contributed by atoms with Gasteiger partial charge in [0.15, 0.2) is 6.10 Å². The number of carbonyl (C=O) groups excluding carboxylic acids is 2. The minimum absolute atomic E-state index is 0.382. The second kappa shape index (κ2) is 7.29. The molecule has 2 aromatic rings. The largest absolute Gasteiger partial charge is 0.449 e. The molecular formula is C18H23N3O3. The second-order valence-corrected chi connectivity index (χ2v) is 5.76. The van der Waals surface area contributed by atoms with Crippen molar-refractivity contribution in [1.29, 1.82) is 0 Å². The predicted octanol–water partition coefficient (Wildman–Crippen LogP) is 2.78. The lowest BCUT2D eigenvalue weighted by atomic mass is 10.1. The van der Waals surface area contributed by atoms with Crippen LogP contribution in [0.3, 0.4) is 0 Å². The number of nitrogens with one attached hydrogen (secondary N) is 1. The van der Waals surface area contributed by atoms with E-state index in [1.165, 1.54) is 0 Å². The van der Waals surface area contributed by atoms with Crippen LogP contribution in [0.2, 0.25) is 0 Å². The SMILES string of the molecule is CCc1ccc(C(=O)O[C@@H](C)C(=O)Nc2c(C)nn(C)c2C)cc1. The van der Waals surface area contributed by atoms with Crippen molar-refractivity contribution in [3.05, 3.63) is 46.8 Å². The topological polar surface area (TPSA) is 73.2 Å². The molecular weight excluding hydrogens is 306 g/mol. The van der Waals surface area contributed by atoms with Crippen LogP contribution in [0.1, 0.15) is 41.2 Å². The van der Waals surface area contributed by atoms with Crippen LogP contribution in [0.5, 0.6) is 0 Å². The van der Waals surface area contributed by atoms with Crippen LogP contribution in [0.25, 0.3) is 0 Å². The number of rotatable bonds is 5. The van der Waals surface area contributed by atoms with Crippen LogP contribution in [0.4, 0.5) is 5.69 Å². The molecule has 1 N–H and O–H groups in total. The molecule has 1 aromatic heterocycles. The first-order valence-corrected chi connectivity index (χ1v) is 7.94. The predicted molar refractivity (Wildman–Crippen MR) is 92.0 cm³/mol. The van der Waals surface area contributed by atoms with Gasteiger partial charge in [0.25, 0.3) is 5.91 Å². The molecule has 1 atom stereocenters. The lowest BCUT2D eigenvalue weighted by Gasteiger charge is -2.14. The molecule has 0 aliphatic carbocycles. The van der Waals surface area contributed by atoms with Gasteiger partial charge in [-0.05, 0) is 44.9 Å². The first kappa shape index (κ1) is 17.7. The van der Waals surface area contributed by atoms with Gasteiger partial charge in [-0.1, -0.05) is 19.1 Å². The van der Waals surface area contributed by atoms with Gasteiger partial charge in [-0.25, -0.2) is 4.79 Å². The number of aryl methyl sites for hydroxylation is 3. The fraction of sp³-hybridized carbons (Fsp3) is 0.389. The van der Waals surface area contributed by atoms with Crippen LogP contribution >= 0.6 is 0 Å². The van der Waals surface area contributed by atoms with Crippen LogP contribution in [-0.2, 0) is 23.0 Å². The van der Waals surface area contributed by atoms with Gasteiger partial charge < -0.3 is 10.1 Å². The van der Waals surface area contributed by atoms with Crippen molar-refractivity contribution in [2.24, 2.45) is 7.05 Å². The van der Waals surface area contributed by atoms with Gasteiger partial charge in [-0.3, -0.25) is 9.48 Å². The summed E-state index contributed by atoms with van der Waals surface area (Å²) in [6.45, 7) is 7.27. The van der Waals surface area contributed by atoms with Crippen molar-refractivity contribution in [2.75, 3.05) is 5.32 Å². The number of benzene rings is 1. The normalized spacial score (nSPS) is 11.9. The van der Waals surface area contributed by atoms with E-state index in [0.717, 1.165) is 23.4 Å². The van der Waals surface area contributed by atoms with Crippen LogP contribution in [-0.4, -0.2) is 27.8 Å². The number of carbonyl (C=O) groups is 2. The molecule has 0 unspecified atom stereocenters. The van der Waals surface area contributed by atoms with Gasteiger partial charge in [0.05, 0.1) is 22.6 Å². The van der Waals surface area contributed by atoms with Crippen molar-refractivity contribution in [3.8, 4) is 0 Å². The molecule has 0 saturated heterocycles. The monoisotopic (exact) mass is 329 g/mol. The lowest BCUT2D eigenvalue weighted by molar-refractivity contribution is -0.123. The first-order chi connectivity index (χ1) is 11.3. The molecule has 6 heteroatoms. The molecule has 128 valence electrons. The molecule has 1 heterocycles. The van der Waals surface area contributed by atoms with E-state index in [0.29, 0.717) is 11.3 Å². The van der Waals surface area contributed by atoms with E-state index in [1.807, 2.05) is 32.9 Å². The Morgan fingerprint density at radius 3 is 2.38 bits per heavy atom. The molecule has 0 bridgehead atoms. The highest BCUT2D eigenvalue weighted by molar-refractivity contribution is 5.98. The fourth-order valence-corrected chi connectivity index (χ4v) is 2.34. The number of esters is 1. The van der Waals surface area contributed by atoms with Crippen LogP contribution in [0.15, 0.2) is 24.3 Å². The van der Waals surface area contributed by atoms with E-state index in [1.54, 1.807) is 30.8 Å². The van der Waals surface area contributed by atoms with Gasteiger partial charge in [-0.15, -0.1) is 0 Å². The first-order valence-electron chi connectivity index (χ1n) is 7.94. The summed E-state index contributed by atoms with van der Waals surface area (Å²) >= 11 is 0. The number of ether oxygens (including phenoxy) is 1. The molecule has 2 rings (SSSR count). The zero-order valence-corrected chi connectivity index (χ0v) is 14.7. The van der Waals surface area contributed by atoms with E-state index in [9.17, 15) is 9.59 Å². The number of hydrogen-bond acceptors (Lipinski definition) is 4. The molecule has 0 spiro atoms. The summed E-state index contributed by atoms with van der Waals surface area (Å²) in [5.41, 5.74) is 3.78. The maximum atomic E-state index is 12.3. The molecule has 6 nitrogen and oxygen atoms in total. The summed E-state index contributed by atoms with van der Waals surface area (Å²) < 4.78 is 6.94.